The van der Waals surface area contributed by atoms with Crippen LogP contribution in [0.3, 0.4) is 0 Å². The van der Waals surface area contributed by atoms with Crippen molar-refractivity contribution in [1.29, 1.82) is 0 Å². The fourth-order valence-electron chi connectivity index (χ4n) is 8.65. The molecule has 0 aromatic heterocycles. The summed E-state index contributed by atoms with van der Waals surface area (Å²) in [5.74, 6) is -10.3. The van der Waals surface area contributed by atoms with E-state index in [1.807, 2.05) is 0 Å². The second-order valence-corrected chi connectivity index (χ2v) is 12.2. The third kappa shape index (κ3) is 3.38. The molecule has 0 saturated heterocycles. The van der Waals surface area contributed by atoms with Crippen molar-refractivity contribution in [3.05, 3.63) is 87.2 Å². The van der Waals surface area contributed by atoms with E-state index in [1.165, 1.54) is 0 Å². The Hall–Kier alpha value is -3.28. The minimum absolute atomic E-state index is 0.168. The SMILES string of the molecule is Nc1c(F)cc(F)c(C23CC4(C#CI)CC(c5c(F)cc(F)c(N)c5F)(C2)C(c2c(F)cc(F)c(N)c2F)(C4)C3)c1F. The van der Waals surface area contributed by atoms with Crippen LogP contribution in [0, 0.1) is 67.6 Å². The summed E-state index contributed by atoms with van der Waals surface area (Å²) in [7, 11) is 0. The lowest BCUT2D eigenvalue weighted by molar-refractivity contribution is 0.151. The second-order valence-electron chi connectivity index (χ2n) is 11.7. The van der Waals surface area contributed by atoms with Crippen molar-refractivity contribution in [3.8, 4) is 9.85 Å². The average Bonchev–Trinajstić information content (AvgIpc) is 3.20. The quantitative estimate of drug-likeness (QED) is 0.117. The van der Waals surface area contributed by atoms with Gasteiger partial charge in [0.2, 0.25) is 0 Å². The molecule has 0 heterocycles. The lowest BCUT2D eigenvalue weighted by Crippen LogP contribution is -2.43. The number of hydrogen-bond acceptors (Lipinski definition) is 3. The third-order valence-electron chi connectivity index (χ3n) is 9.57. The summed E-state index contributed by atoms with van der Waals surface area (Å²) in [5, 5.41) is 0. The highest BCUT2D eigenvalue weighted by atomic mass is 127. The van der Waals surface area contributed by atoms with Gasteiger partial charge in [0.05, 0.1) is 0 Å². The van der Waals surface area contributed by atoms with E-state index in [2.05, 4.69) is 9.85 Å². The van der Waals surface area contributed by atoms with Crippen molar-refractivity contribution in [2.24, 2.45) is 5.41 Å². The molecule has 6 N–H and O–H groups in total. The molecule has 42 heavy (non-hydrogen) atoms. The molecular formula is C29H19F9IN3. The van der Waals surface area contributed by atoms with Crippen LogP contribution in [0.25, 0.3) is 0 Å². The van der Waals surface area contributed by atoms with Gasteiger partial charge in [0.1, 0.15) is 34.5 Å². The maximum atomic E-state index is 16.0. The van der Waals surface area contributed by atoms with Crippen LogP contribution in [-0.4, -0.2) is 0 Å². The van der Waals surface area contributed by atoms with Gasteiger partial charge in [-0.2, -0.15) is 0 Å². The Morgan fingerprint density at radius 1 is 0.524 bits per heavy atom. The van der Waals surface area contributed by atoms with Crippen LogP contribution in [0.2, 0.25) is 0 Å². The smallest absolute Gasteiger partial charge is 0.155 e. The van der Waals surface area contributed by atoms with Crippen LogP contribution in [0.15, 0.2) is 18.2 Å². The summed E-state index contributed by atoms with van der Waals surface area (Å²) in [4.78, 5) is 0. The first kappa shape index (κ1) is 28.8. The molecule has 3 aromatic rings. The van der Waals surface area contributed by atoms with E-state index in [9.17, 15) is 13.2 Å². The van der Waals surface area contributed by atoms with Crippen molar-refractivity contribution < 1.29 is 39.5 Å². The fraction of sp³-hybridized carbons (Fsp3) is 0.310. The monoisotopic (exact) mass is 707 g/mol. The van der Waals surface area contributed by atoms with Gasteiger partial charge in [0.15, 0.2) is 34.9 Å². The van der Waals surface area contributed by atoms with E-state index in [0.29, 0.717) is 18.2 Å². The molecule has 4 aliphatic rings. The number of halogens is 10. The lowest BCUT2D eigenvalue weighted by Gasteiger charge is -2.46. The molecule has 0 amide bonds. The van der Waals surface area contributed by atoms with E-state index >= 15 is 26.3 Å². The van der Waals surface area contributed by atoms with Crippen LogP contribution in [-0.2, 0) is 16.2 Å². The zero-order valence-corrected chi connectivity index (χ0v) is 23.4. The van der Waals surface area contributed by atoms with Gasteiger partial charge in [-0.1, -0.05) is 5.92 Å². The summed E-state index contributed by atoms with van der Waals surface area (Å²) in [6, 6.07) is 0.962. The van der Waals surface area contributed by atoms with Gasteiger partial charge in [0.25, 0.3) is 0 Å². The van der Waals surface area contributed by atoms with Gasteiger partial charge >= 0.3 is 0 Å². The van der Waals surface area contributed by atoms with Crippen LogP contribution >= 0.6 is 22.6 Å². The number of rotatable bonds is 3. The molecule has 0 radical (unpaired) electrons. The number of hydrogen-bond donors (Lipinski definition) is 3. The summed E-state index contributed by atoms with van der Waals surface area (Å²) in [5.41, 5.74) is 3.75. The first-order valence-electron chi connectivity index (χ1n) is 12.5. The van der Waals surface area contributed by atoms with E-state index < -0.39 is 121 Å². The van der Waals surface area contributed by atoms with Gasteiger partial charge in [-0.25, -0.2) is 39.5 Å². The highest BCUT2D eigenvalue weighted by Gasteiger charge is 2.79. The Kier molecular flexibility index (Phi) is 6.09. The first-order chi connectivity index (χ1) is 19.6. The number of nitrogens with two attached hydrogens (primary N) is 3. The molecule has 4 bridgehead atoms. The Bertz CT molecular complexity index is 1720. The zero-order valence-electron chi connectivity index (χ0n) is 21.3. The topological polar surface area (TPSA) is 78.1 Å². The Balaban J connectivity index is 1.80. The fourth-order valence-corrected chi connectivity index (χ4v) is 9.22. The highest BCUT2D eigenvalue weighted by molar-refractivity contribution is 14.1. The number of anilines is 3. The maximum absolute atomic E-state index is 16.0. The molecule has 3 aromatic carbocycles. The molecular weight excluding hydrogens is 688 g/mol. The predicted octanol–water partition coefficient (Wildman–Crippen LogP) is 7.17. The largest absolute Gasteiger partial charge is 0.394 e. The molecule has 2 atom stereocenters. The van der Waals surface area contributed by atoms with Gasteiger partial charge in [-0.15, -0.1) is 0 Å². The van der Waals surface area contributed by atoms with Crippen LogP contribution in [0.4, 0.5) is 56.6 Å². The molecule has 7 rings (SSSR count). The van der Waals surface area contributed by atoms with Crippen LogP contribution in [0.5, 0.6) is 0 Å². The summed E-state index contributed by atoms with van der Waals surface area (Å²) in [6.07, 6.45) is -1.88. The summed E-state index contributed by atoms with van der Waals surface area (Å²) in [6.45, 7) is 0. The molecule has 4 saturated carbocycles. The van der Waals surface area contributed by atoms with Crippen molar-refractivity contribution in [2.75, 3.05) is 17.2 Å². The van der Waals surface area contributed by atoms with Crippen LogP contribution in [0.1, 0.15) is 48.8 Å². The predicted molar refractivity (Wildman–Crippen MR) is 145 cm³/mol. The van der Waals surface area contributed by atoms with Gasteiger partial charge in [0, 0.05) is 79.1 Å². The van der Waals surface area contributed by atoms with E-state index in [0.717, 1.165) is 0 Å². The maximum Gasteiger partial charge on any atom is 0.155 e. The first-order valence-corrected chi connectivity index (χ1v) is 13.6. The Morgan fingerprint density at radius 3 is 1.26 bits per heavy atom. The normalized spacial score (nSPS) is 29.2. The highest BCUT2D eigenvalue weighted by Crippen LogP contribution is 2.81. The molecule has 220 valence electrons. The molecule has 0 aliphatic heterocycles. The van der Waals surface area contributed by atoms with E-state index in [-0.39, 0.29) is 19.3 Å². The van der Waals surface area contributed by atoms with Crippen LogP contribution < -0.4 is 17.2 Å². The van der Waals surface area contributed by atoms with Crippen molar-refractivity contribution in [1.82, 2.24) is 0 Å². The van der Waals surface area contributed by atoms with Gasteiger partial charge in [-0.05, 0) is 36.0 Å². The molecule has 4 aliphatic carbocycles. The van der Waals surface area contributed by atoms with Gasteiger partial charge < -0.3 is 17.2 Å². The van der Waals surface area contributed by atoms with E-state index in [1.54, 1.807) is 22.6 Å². The molecule has 3 nitrogen and oxygen atoms in total. The third-order valence-corrected chi connectivity index (χ3v) is 9.84. The molecule has 2 unspecified atom stereocenters. The summed E-state index contributed by atoms with van der Waals surface area (Å²) >= 11 is 1.68. The standard InChI is InChI=1S/C29H19F9IN3/c30-11-3-14(33)23(40)20(36)17(11)27-6-26(1-2-39)7-28(9-27,18-12(31)4-15(34)24(41)21(18)37)29(8-26,10-27)19-13(32)5-16(35)25(42)22(19)38/h3-5H,6-10,40-42H2. The molecule has 13 heteroatoms. The minimum Gasteiger partial charge on any atom is -0.394 e. The lowest BCUT2D eigenvalue weighted by atomic mass is 9.56. The van der Waals surface area contributed by atoms with Crippen molar-refractivity contribution >= 4 is 39.7 Å². The Labute approximate surface area is 246 Å². The summed E-state index contributed by atoms with van der Waals surface area (Å²) < 4.78 is 140. The number of nitrogen functional groups attached to an aromatic ring is 3. The van der Waals surface area contributed by atoms with E-state index in [4.69, 9.17) is 17.2 Å². The second kappa shape index (κ2) is 8.87. The van der Waals surface area contributed by atoms with Gasteiger partial charge in [-0.3, -0.25) is 0 Å². The van der Waals surface area contributed by atoms with Crippen molar-refractivity contribution in [2.45, 2.75) is 48.3 Å². The Morgan fingerprint density at radius 2 is 0.881 bits per heavy atom. The minimum atomic E-state index is -2.07. The zero-order chi connectivity index (χ0) is 30.7. The van der Waals surface area contributed by atoms with Crippen molar-refractivity contribution in [3.63, 3.8) is 0 Å². The molecule has 4 fully saturated rings. The number of benzene rings is 3. The average molecular weight is 707 g/mol. The molecule has 0 spiro atoms.